The Hall–Kier alpha value is -1.63. The van der Waals surface area contributed by atoms with E-state index in [9.17, 15) is 4.79 Å². The number of aromatic nitrogens is 1. The van der Waals surface area contributed by atoms with Crippen molar-refractivity contribution < 1.29 is 14.6 Å². The van der Waals surface area contributed by atoms with E-state index in [1.54, 1.807) is 24.4 Å². The molecule has 2 rings (SSSR count). The van der Waals surface area contributed by atoms with E-state index in [-0.39, 0.29) is 5.56 Å². The highest BCUT2D eigenvalue weighted by atomic mass is 127. The summed E-state index contributed by atoms with van der Waals surface area (Å²) >= 11 is 2.16. The second-order valence-electron chi connectivity index (χ2n) is 3.25. The van der Waals surface area contributed by atoms with E-state index in [0.717, 1.165) is 3.57 Å². The van der Waals surface area contributed by atoms with Crippen LogP contribution in [-0.2, 0) is 0 Å². The number of carboxylic acids is 1. The molecule has 0 fully saturated rings. The molecule has 0 atom stereocenters. The molecule has 0 bridgehead atoms. The van der Waals surface area contributed by atoms with E-state index in [1.165, 1.54) is 12.1 Å². The molecule has 0 aliphatic rings. The molecule has 0 radical (unpaired) electrons. The second-order valence-corrected chi connectivity index (χ2v) is 4.49. The highest BCUT2D eigenvalue weighted by Gasteiger charge is 2.03. The average Bonchev–Trinajstić information content (AvgIpc) is 2.33. The van der Waals surface area contributed by atoms with Gasteiger partial charge in [0.15, 0.2) is 0 Å². The highest BCUT2D eigenvalue weighted by molar-refractivity contribution is 14.1. The molecule has 5 heteroatoms. The fourth-order valence-electron chi connectivity index (χ4n) is 1.21. The molecule has 17 heavy (non-hydrogen) atoms. The van der Waals surface area contributed by atoms with Crippen molar-refractivity contribution in [3.63, 3.8) is 0 Å². The maximum atomic E-state index is 10.7. The fraction of sp³-hybridized carbons (Fsp3) is 0. The van der Waals surface area contributed by atoms with Crippen LogP contribution >= 0.6 is 22.6 Å². The lowest BCUT2D eigenvalue weighted by atomic mass is 10.2. The van der Waals surface area contributed by atoms with Gasteiger partial charge in [0.05, 0.1) is 5.56 Å². The van der Waals surface area contributed by atoms with Crippen LogP contribution in [0.2, 0.25) is 0 Å². The molecule has 1 N–H and O–H groups in total. The molecule has 1 aromatic carbocycles. The van der Waals surface area contributed by atoms with Crippen molar-refractivity contribution in [1.82, 2.24) is 4.98 Å². The van der Waals surface area contributed by atoms with Gasteiger partial charge in [-0.05, 0) is 52.9 Å². The lowest BCUT2D eigenvalue weighted by Gasteiger charge is -2.04. The number of rotatable bonds is 3. The van der Waals surface area contributed by atoms with Crippen LogP contribution < -0.4 is 4.74 Å². The van der Waals surface area contributed by atoms with Gasteiger partial charge in [0.1, 0.15) is 5.75 Å². The quantitative estimate of drug-likeness (QED) is 0.872. The van der Waals surface area contributed by atoms with E-state index in [4.69, 9.17) is 9.84 Å². The van der Waals surface area contributed by atoms with Gasteiger partial charge in [-0.3, -0.25) is 0 Å². The Kier molecular flexibility index (Phi) is 3.58. The van der Waals surface area contributed by atoms with Gasteiger partial charge in [-0.25, -0.2) is 9.78 Å². The Bertz CT molecular complexity index is 522. The molecular formula is C12H8INO3. The molecule has 0 spiro atoms. The first-order chi connectivity index (χ1) is 8.15. The van der Waals surface area contributed by atoms with Crippen LogP contribution in [0.15, 0.2) is 42.6 Å². The van der Waals surface area contributed by atoms with Gasteiger partial charge in [0, 0.05) is 15.8 Å². The van der Waals surface area contributed by atoms with Crippen LogP contribution in [0.3, 0.4) is 0 Å². The Labute approximate surface area is 111 Å². The number of carboxylic acid groups (broad SMARTS) is 1. The third-order valence-corrected chi connectivity index (χ3v) is 2.66. The Balaban J connectivity index is 2.13. The molecule has 86 valence electrons. The van der Waals surface area contributed by atoms with Gasteiger partial charge in [-0.1, -0.05) is 0 Å². The second kappa shape index (κ2) is 5.13. The van der Waals surface area contributed by atoms with Crippen molar-refractivity contribution in [3.8, 4) is 11.6 Å². The van der Waals surface area contributed by atoms with Gasteiger partial charge in [0.2, 0.25) is 5.88 Å². The molecule has 4 nitrogen and oxygen atoms in total. The number of ether oxygens (including phenoxy) is 1. The monoisotopic (exact) mass is 341 g/mol. The van der Waals surface area contributed by atoms with Gasteiger partial charge in [-0.15, -0.1) is 0 Å². The summed E-state index contributed by atoms with van der Waals surface area (Å²) in [6.07, 6.45) is 1.70. The fourth-order valence-corrected chi connectivity index (χ4v) is 1.53. The van der Waals surface area contributed by atoms with E-state index in [2.05, 4.69) is 27.6 Å². The summed E-state index contributed by atoms with van der Waals surface area (Å²) in [6, 6.07) is 9.82. The molecule has 0 amide bonds. The van der Waals surface area contributed by atoms with Crippen LogP contribution in [0.5, 0.6) is 11.6 Å². The summed E-state index contributed by atoms with van der Waals surface area (Å²) in [5, 5.41) is 8.74. The van der Waals surface area contributed by atoms with Gasteiger partial charge in [0.25, 0.3) is 0 Å². The lowest BCUT2D eigenvalue weighted by Crippen LogP contribution is -1.95. The minimum absolute atomic E-state index is 0.230. The van der Waals surface area contributed by atoms with Crippen molar-refractivity contribution in [2.75, 3.05) is 0 Å². The summed E-state index contributed by atoms with van der Waals surface area (Å²) in [6.45, 7) is 0. The summed E-state index contributed by atoms with van der Waals surface area (Å²) in [5.74, 6) is 0.0844. The summed E-state index contributed by atoms with van der Waals surface area (Å²) in [7, 11) is 0. The minimum Gasteiger partial charge on any atom is -0.478 e. The topological polar surface area (TPSA) is 59.4 Å². The van der Waals surface area contributed by atoms with Gasteiger partial charge in [-0.2, -0.15) is 0 Å². The number of nitrogens with zero attached hydrogens (tertiary/aromatic N) is 1. The predicted octanol–water partition coefficient (Wildman–Crippen LogP) is 3.18. The van der Waals surface area contributed by atoms with Crippen LogP contribution in [-0.4, -0.2) is 16.1 Å². The molecule has 0 aliphatic carbocycles. The zero-order chi connectivity index (χ0) is 12.3. The number of benzene rings is 1. The predicted molar refractivity (Wildman–Crippen MR) is 70.4 cm³/mol. The lowest BCUT2D eigenvalue weighted by molar-refractivity contribution is 0.0697. The molecular weight excluding hydrogens is 333 g/mol. The number of aromatic carboxylic acids is 1. The third-order valence-electron chi connectivity index (χ3n) is 2.02. The largest absolute Gasteiger partial charge is 0.478 e. The number of pyridine rings is 1. The van der Waals surface area contributed by atoms with Crippen molar-refractivity contribution in [3.05, 3.63) is 51.7 Å². The summed E-state index contributed by atoms with van der Waals surface area (Å²) in [5.41, 5.74) is 0.230. The molecule has 1 aromatic heterocycles. The Morgan fingerprint density at radius 2 is 1.88 bits per heavy atom. The standard InChI is InChI=1S/C12H8INO3/c13-9-3-6-11(14-7-9)17-10-4-1-8(2-5-10)12(15)16/h1-7H,(H,15,16). The Morgan fingerprint density at radius 3 is 2.41 bits per heavy atom. The first kappa shape index (κ1) is 11.8. The molecule has 2 aromatic rings. The van der Waals surface area contributed by atoms with Crippen molar-refractivity contribution >= 4 is 28.6 Å². The van der Waals surface area contributed by atoms with Gasteiger partial charge < -0.3 is 9.84 Å². The first-order valence-corrected chi connectivity index (χ1v) is 5.86. The van der Waals surface area contributed by atoms with E-state index < -0.39 is 5.97 Å². The Morgan fingerprint density at radius 1 is 1.18 bits per heavy atom. The highest BCUT2D eigenvalue weighted by Crippen LogP contribution is 2.20. The normalized spacial score (nSPS) is 9.94. The number of halogens is 1. The molecule has 0 unspecified atom stereocenters. The van der Waals surface area contributed by atoms with E-state index in [0.29, 0.717) is 11.6 Å². The average molecular weight is 341 g/mol. The number of hydrogen-bond donors (Lipinski definition) is 1. The van der Waals surface area contributed by atoms with E-state index >= 15 is 0 Å². The molecule has 0 aliphatic heterocycles. The zero-order valence-corrected chi connectivity index (χ0v) is 10.8. The number of carbonyl (C=O) groups is 1. The third kappa shape index (κ3) is 3.16. The summed E-state index contributed by atoms with van der Waals surface area (Å²) in [4.78, 5) is 14.7. The molecule has 0 saturated heterocycles. The van der Waals surface area contributed by atoms with Crippen LogP contribution in [0, 0.1) is 3.57 Å². The van der Waals surface area contributed by atoms with E-state index in [1.807, 2.05) is 6.07 Å². The minimum atomic E-state index is -0.955. The zero-order valence-electron chi connectivity index (χ0n) is 8.63. The number of hydrogen-bond acceptors (Lipinski definition) is 3. The molecule has 1 heterocycles. The molecule has 0 saturated carbocycles. The SMILES string of the molecule is O=C(O)c1ccc(Oc2ccc(I)cn2)cc1. The summed E-state index contributed by atoms with van der Waals surface area (Å²) < 4.78 is 6.48. The van der Waals surface area contributed by atoms with Gasteiger partial charge >= 0.3 is 5.97 Å². The van der Waals surface area contributed by atoms with Crippen LogP contribution in [0.25, 0.3) is 0 Å². The van der Waals surface area contributed by atoms with Crippen LogP contribution in [0.1, 0.15) is 10.4 Å². The van der Waals surface area contributed by atoms with Crippen molar-refractivity contribution in [2.24, 2.45) is 0 Å². The first-order valence-electron chi connectivity index (χ1n) is 4.78. The maximum Gasteiger partial charge on any atom is 0.335 e. The maximum absolute atomic E-state index is 10.7. The smallest absolute Gasteiger partial charge is 0.335 e. The van der Waals surface area contributed by atoms with Crippen molar-refractivity contribution in [2.45, 2.75) is 0 Å². The van der Waals surface area contributed by atoms with Crippen molar-refractivity contribution in [1.29, 1.82) is 0 Å². The van der Waals surface area contributed by atoms with Crippen LogP contribution in [0.4, 0.5) is 0 Å².